The van der Waals surface area contributed by atoms with Gasteiger partial charge >= 0.3 is 0 Å². The minimum Gasteiger partial charge on any atom is -0.345 e. The van der Waals surface area contributed by atoms with Gasteiger partial charge in [0.15, 0.2) is 0 Å². The van der Waals surface area contributed by atoms with Crippen LogP contribution in [-0.4, -0.2) is 29.4 Å². The van der Waals surface area contributed by atoms with E-state index in [4.69, 9.17) is 11.6 Å². The van der Waals surface area contributed by atoms with Crippen molar-refractivity contribution < 1.29 is 4.79 Å². The molecule has 0 aliphatic rings. The Bertz CT molecular complexity index is 601. The third kappa shape index (κ3) is 5.15. The van der Waals surface area contributed by atoms with Gasteiger partial charge in [-0.05, 0) is 48.6 Å². The summed E-state index contributed by atoms with van der Waals surface area (Å²) in [6.45, 7) is 0.731. The Morgan fingerprint density at radius 2 is 1.86 bits per heavy atom. The summed E-state index contributed by atoms with van der Waals surface area (Å²) >= 11 is 6.12. The number of benzene rings is 1. The summed E-state index contributed by atoms with van der Waals surface area (Å²) in [5.41, 5.74) is 2.31. The van der Waals surface area contributed by atoms with Crippen molar-refractivity contribution in [3.05, 3.63) is 64.9 Å². The third-order valence-corrected chi connectivity index (χ3v) is 4.07. The lowest BCUT2D eigenvalue weighted by Gasteiger charge is -2.17. The Labute approximate surface area is 136 Å². The predicted octanol–water partition coefficient (Wildman–Crippen LogP) is 3.76. The topological polar surface area (TPSA) is 33.2 Å². The van der Waals surface area contributed by atoms with E-state index in [0.29, 0.717) is 6.42 Å². The SMILES string of the molecule is CN(CCc1ccncc1)C(=O)CCCc1ccccc1Cl. The number of pyridine rings is 1. The van der Waals surface area contributed by atoms with Crippen molar-refractivity contribution in [2.24, 2.45) is 0 Å². The molecule has 0 atom stereocenters. The monoisotopic (exact) mass is 316 g/mol. The van der Waals surface area contributed by atoms with E-state index < -0.39 is 0 Å². The van der Waals surface area contributed by atoms with Crippen LogP contribution >= 0.6 is 11.6 Å². The fourth-order valence-corrected chi connectivity index (χ4v) is 2.52. The van der Waals surface area contributed by atoms with E-state index in [1.54, 1.807) is 17.3 Å². The van der Waals surface area contributed by atoms with E-state index in [0.717, 1.165) is 36.4 Å². The Hall–Kier alpha value is -1.87. The molecule has 0 bridgehead atoms. The van der Waals surface area contributed by atoms with Gasteiger partial charge in [0.1, 0.15) is 0 Å². The molecule has 0 N–H and O–H groups in total. The maximum Gasteiger partial charge on any atom is 0.222 e. The zero-order chi connectivity index (χ0) is 15.8. The minimum absolute atomic E-state index is 0.182. The van der Waals surface area contributed by atoms with Gasteiger partial charge in [-0.15, -0.1) is 0 Å². The summed E-state index contributed by atoms with van der Waals surface area (Å²) in [5, 5.41) is 0.779. The van der Waals surface area contributed by atoms with E-state index in [1.807, 2.05) is 43.4 Å². The Morgan fingerprint density at radius 3 is 2.59 bits per heavy atom. The highest BCUT2D eigenvalue weighted by Crippen LogP contribution is 2.17. The van der Waals surface area contributed by atoms with Gasteiger partial charge in [-0.2, -0.15) is 0 Å². The summed E-state index contributed by atoms with van der Waals surface area (Å²) < 4.78 is 0. The second-order valence-electron chi connectivity index (χ2n) is 5.37. The second kappa shape index (κ2) is 8.54. The number of aromatic nitrogens is 1. The molecule has 0 fully saturated rings. The maximum atomic E-state index is 12.1. The molecule has 1 aromatic carbocycles. The van der Waals surface area contributed by atoms with Gasteiger partial charge < -0.3 is 4.90 Å². The standard InChI is InChI=1S/C18H21ClN2O/c1-21(14-11-15-9-12-20-13-10-15)18(22)8-4-6-16-5-2-3-7-17(16)19/h2-3,5,7,9-10,12-13H,4,6,8,11,14H2,1H3. The number of likely N-dealkylation sites (N-methyl/N-ethyl adjacent to an activating group) is 1. The van der Waals surface area contributed by atoms with Gasteiger partial charge in [0.25, 0.3) is 0 Å². The lowest BCUT2D eigenvalue weighted by Crippen LogP contribution is -2.28. The smallest absolute Gasteiger partial charge is 0.222 e. The fraction of sp³-hybridized carbons (Fsp3) is 0.333. The molecular weight excluding hydrogens is 296 g/mol. The highest BCUT2D eigenvalue weighted by Gasteiger charge is 2.09. The van der Waals surface area contributed by atoms with Gasteiger partial charge in [-0.3, -0.25) is 9.78 Å². The van der Waals surface area contributed by atoms with E-state index in [2.05, 4.69) is 4.98 Å². The van der Waals surface area contributed by atoms with Gasteiger partial charge in [0.05, 0.1) is 0 Å². The largest absolute Gasteiger partial charge is 0.345 e. The number of carbonyl (C=O) groups is 1. The van der Waals surface area contributed by atoms with Gasteiger partial charge in [-0.25, -0.2) is 0 Å². The lowest BCUT2D eigenvalue weighted by molar-refractivity contribution is -0.129. The first-order valence-electron chi connectivity index (χ1n) is 7.53. The molecule has 1 heterocycles. The number of nitrogens with zero attached hydrogens (tertiary/aromatic N) is 2. The summed E-state index contributed by atoms with van der Waals surface area (Å²) in [6.07, 6.45) is 6.63. The lowest BCUT2D eigenvalue weighted by atomic mass is 10.1. The Morgan fingerprint density at radius 1 is 1.14 bits per heavy atom. The number of aryl methyl sites for hydroxylation is 1. The van der Waals surface area contributed by atoms with E-state index in [1.165, 1.54) is 5.56 Å². The molecule has 1 amide bonds. The van der Waals surface area contributed by atoms with Crippen LogP contribution in [0.3, 0.4) is 0 Å². The molecule has 0 unspecified atom stereocenters. The maximum absolute atomic E-state index is 12.1. The van der Waals surface area contributed by atoms with Gasteiger partial charge in [-0.1, -0.05) is 29.8 Å². The molecule has 116 valence electrons. The summed E-state index contributed by atoms with van der Waals surface area (Å²) in [5.74, 6) is 0.182. The first-order chi connectivity index (χ1) is 10.7. The van der Waals surface area contributed by atoms with Crippen molar-refractivity contribution in [1.29, 1.82) is 0 Å². The van der Waals surface area contributed by atoms with Crippen LogP contribution in [0, 0.1) is 0 Å². The van der Waals surface area contributed by atoms with Crippen molar-refractivity contribution in [2.45, 2.75) is 25.7 Å². The van der Waals surface area contributed by atoms with Crippen LogP contribution in [0.4, 0.5) is 0 Å². The Kier molecular flexibility index (Phi) is 6.41. The first-order valence-corrected chi connectivity index (χ1v) is 7.91. The predicted molar refractivity (Wildman–Crippen MR) is 90.0 cm³/mol. The van der Waals surface area contributed by atoms with Crippen LogP contribution in [0.2, 0.25) is 5.02 Å². The molecule has 0 spiro atoms. The first kappa shape index (κ1) is 16.5. The average Bonchev–Trinajstić information content (AvgIpc) is 2.55. The Balaban J connectivity index is 1.71. The second-order valence-corrected chi connectivity index (χ2v) is 5.77. The summed E-state index contributed by atoms with van der Waals surface area (Å²) in [7, 11) is 1.86. The molecule has 3 nitrogen and oxygen atoms in total. The minimum atomic E-state index is 0.182. The number of hydrogen-bond acceptors (Lipinski definition) is 2. The van der Waals surface area contributed by atoms with Crippen LogP contribution in [-0.2, 0) is 17.6 Å². The quantitative estimate of drug-likeness (QED) is 0.779. The van der Waals surface area contributed by atoms with Crippen molar-refractivity contribution in [3.8, 4) is 0 Å². The molecule has 0 saturated carbocycles. The highest BCUT2D eigenvalue weighted by molar-refractivity contribution is 6.31. The number of halogens is 1. The number of hydrogen-bond donors (Lipinski definition) is 0. The molecule has 2 aromatic rings. The number of amides is 1. The van der Waals surface area contributed by atoms with E-state index >= 15 is 0 Å². The van der Waals surface area contributed by atoms with E-state index in [-0.39, 0.29) is 5.91 Å². The van der Waals surface area contributed by atoms with Crippen molar-refractivity contribution in [2.75, 3.05) is 13.6 Å². The van der Waals surface area contributed by atoms with Crippen LogP contribution in [0.15, 0.2) is 48.8 Å². The molecule has 0 aliphatic carbocycles. The van der Waals surface area contributed by atoms with Gasteiger partial charge in [0, 0.05) is 37.4 Å². The van der Waals surface area contributed by atoms with Crippen LogP contribution in [0.5, 0.6) is 0 Å². The summed E-state index contributed by atoms with van der Waals surface area (Å²) in [4.78, 5) is 17.9. The molecular formula is C18H21ClN2O. The normalized spacial score (nSPS) is 10.5. The summed E-state index contributed by atoms with van der Waals surface area (Å²) in [6, 6.07) is 11.8. The molecule has 0 aliphatic heterocycles. The van der Waals surface area contributed by atoms with E-state index in [9.17, 15) is 4.79 Å². The number of carbonyl (C=O) groups excluding carboxylic acids is 1. The molecule has 2 rings (SSSR count). The fourth-order valence-electron chi connectivity index (χ4n) is 2.29. The van der Waals surface area contributed by atoms with Crippen LogP contribution in [0.25, 0.3) is 0 Å². The van der Waals surface area contributed by atoms with Gasteiger partial charge in [0.2, 0.25) is 5.91 Å². The zero-order valence-electron chi connectivity index (χ0n) is 12.8. The third-order valence-electron chi connectivity index (χ3n) is 3.71. The highest BCUT2D eigenvalue weighted by atomic mass is 35.5. The van der Waals surface area contributed by atoms with Crippen LogP contribution < -0.4 is 0 Å². The number of rotatable bonds is 7. The molecule has 0 saturated heterocycles. The molecule has 0 radical (unpaired) electrons. The van der Waals surface area contributed by atoms with Crippen molar-refractivity contribution in [3.63, 3.8) is 0 Å². The van der Waals surface area contributed by atoms with Crippen molar-refractivity contribution >= 4 is 17.5 Å². The van der Waals surface area contributed by atoms with Crippen LogP contribution in [0.1, 0.15) is 24.0 Å². The molecule has 22 heavy (non-hydrogen) atoms. The van der Waals surface area contributed by atoms with Crippen molar-refractivity contribution in [1.82, 2.24) is 9.88 Å². The zero-order valence-corrected chi connectivity index (χ0v) is 13.6. The molecule has 4 heteroatoms. The molecule has 1 aromatic heterocycles. The average molecular weight is 317 g/mol.